The number of aromatic nitrogens is 2. The lowest BCUT2D eigenvalue weighted by atomic mass is 9.90. The van der Waals surface area contributed by atoms with Crippen molar-refractivity contribution in [1.29, 1.82) is 0 Å². The molecule has 0 saturated heterocycles. The first-order valence-electron chi connectivity index (χ1n) is 7.40. The third-order valence-electron chi connectivity index (χ3n) is 4.29. The van der Waals surface area contributed by atoms with E-state index in [9.17, 15) is 4.79 Å². The predicted octanol–water partition coefficient (Wildman–Crippen LogP) is 3.94. The van der Waals surface area contributed by atoms with Gasteiger partial charge in [0.05, 0.1) is 17.6 Å². The summed E-state index contributed by atoms with van der Waals surface area (Å²) >= 11 is 6.92. The number of hydrogen-bond acceptors (Lipinski definition) is 4. The van der Waals surface area contributed by atoms with Crippen LogP contribution < -0.4 is 5.56 Å². The molecular formula is C16H20N2O2S2. The predicted molar refractivity (Wildman–Crippen MR) is 93.3 cm³/mol. The van der Waals surface area contributed by atoms with Crippen LogP contribution in [0.5, 0.6) is 0 Å². The van der Waals surface area contributed by atoms with Crippen LogP contribution in [-0.4, -0.2) is 15.2 Å². The lowest BCUT2D eigenvalue weighted by Crippen LogP contribution is -2.34. The Kier molecular flexibility index (Phi) is 3.87. The van der Waals surface area contributed by atoms with Gasteiger partial charge in [0.15, 0.2) is 4.77 Å². The van der Waals surface area contributed by atoms with E-state index in [4.69, 9.17) is 17.0 Å². The van der Waals surface area contributed by atoms with E-state index in [1.807, 2.05) is 6.92 Å². The van der Waals surface area contributed by atoms with Crippen LogP contribution in [0.4, 0.5) is 0 Å². The molecule has 0 amide bonds. The Hall–Kier alpha value is -1.24. The van der Waals surface area contributed by atoms with Gasteiger partial charge in [-0.2, -0.15) is 0 Å². The second kappa shape index (κ2) is 5.44. The zero-order valence-corrected chi connectivity index (χ0v) is 14.7. The van der Waals surface area contributed by atoms with Gasteiger partial charge in [-0.1, -0.05) is 19.1 Å². The average Bonchev–Trinajstić information content (AvgIpc) is 2.80. The summed E-state index contributed by atoms with van der Waals surface area (Å²) in [5.74, 6) is 0. The maximum absolute atomic E-state index is 12.9. The molecule has 3 heterocycles. The quantitative estimate of drug-likeness (QED) is 0.682. The van der Waals surface area contributed by atoms with E-state index in [0.717, 1.165) is 39.1 Å². The second-order valence-corrected chi connectivity index (χ2v) is 7.75. The number of H-pyrrole nitrogens is 1. The van der Waals surface area contributed by atoms with Gasteiger partial charge in [-0.25, -0.2) is 0 Å². The molecule has 0 aliphatic carbocycles. The Morgan fingerprint density at radius 1 is 1.59 bits per heavy atom. The molecule has 1 unspecified atom stereocenters. The fourth-order valence-electron chi connectivity index (χ4n) is 2.83. The summed E-state index contributed by atoms with van der Waals surface area (Å²) in [6.07, 6.45) is 1.69. The SMILES string of the molecule is C=C(C)Cn1c(=S)[nH]c2sc3c(c2c1=O)CC(C)(CC)OC3. The van der Waals surface area contributed by atoms with E-state index in [1.165, 1.54) is 0 Å². The molecular weight excluding hydrogens is 316 g/mol. The molecule has 0 aromatic carbocycles. The molecule has 2 aromatic heterocycles. The first-order valence-corrected chi connectivity index (χ1v) is 8.63. The highest BCUT2D eigenvalue weighted by molar-refractivity contribution is 7.71. The molecule has 1 atom stereocenters. The Balaban J connectivity index is 2.26. The van der Waals surface area contributed by atoms with E-state index in [2.05, 4.69) is 25.4 Å². The van der Waals surface area contributed by atoms with Crippen molar-refractivity contribution >= 4 is 33.8 Å². The fraction of sp³-hybridized carbons (Fsp3) is 0.500. The molecule has 4 nitrogen and oxygen atoms in total. The number of nitrogens with zero attached hydrogens (tertiary/aromatic N) is 1. The standard InChI is InChI=1S/C16H20N2O2S2/c1-5-16(4)6-10-11(8-20-16)22-13-12(10)14(19)18(7-9(2)3)15(21)17-13/h2,5-8H2,1,3-4H3,(H,17,21). The highest BCUT2D eigenvalue weighted by atomic mass is 32.1. The van der Waals surface area contributed by atoms with Crippen molar-refractivity contribution in [2.24, 2.45) is 0 Å². The monoisotopic (exact) mass is 336 g/mol. The molecule has 0 radical (unpaired) electrons. The lowest BCUT2D eigenvalue weighted by molar-refractivity contribution is -0.0543. The Morgan fingerprint density at radius 3 is 2.95 bits per heavy atom. The van der Waals surface area contributed by atoms with E-state index in [-0.39, 0.29) is 11.2 Å². The zero-order valence-electron chi connectivity index (χ0n) is 13.1. The topological polar surface area (TPSA) is 47.0 Å². The summed E-state index contributed by atoms with van der Waals surface area (Å²) in [6, 6.07) is 0. The van der Waals surface area contributed by atoms with Crippen LogP contribution >= 0.6 is 23.6 Å². The number of rotatable bonds is 3. The first kappa shape index (κ1) is 15.6. The van der Waals surface area contributed by atoms with Gasteiger partial charge in [0.1, 0.15) is 4.83 Å². The zero-order chi connectivity index (χ0) is 16.1. The van der Waals surface area contributed by atoms with Crippen LogP contribution in [0.15, 0.2) is 16.9 Å². The molecule has 1 aliphatic heterocycles. The van der Waals surface area contributed by atoms with Crippen molar-refractivity contribution < 1.29 is 4.74 Å². The van der Waals surface area contributed by atoms with Gasteiger partial charge in [0.25, 0.3) is 5.56 Å². The lowest BCUT2D eigenvalue weighted by Gasteiger charge is -2.32. The van der Waals surface area contributed by atoms with Gasteiger partial charge in [0.2, 0.25) is 0 Å². The number of nitrogens with one attached hydrogen (secondary N) is 1. The number of aromatic amines is 1. The Labute approximate surface area is 138 Å². The van der Waals surface area contributed by atoms with Gasteiger partial charge in [0, 0.05) is 17.8 Å². The van der Waals surface area contributed by atoms with Crippen molar-refractivity contribution in [1.82, 2.24) is 9.55 Å². The van der Waals surface area contributed by atoms with Crippen molar-refractivity contribution in [3.63, 3.8) is 0 Å². The van der Waals surface area contributed by atoms with Gasteiger partial charge in [-0.05, 0) is 38.0 Å². The third-order valence-corrected chi connectivity index (χ3v) is 5.74. The van der Waals surface area contributed by atoms with Crippen LogP contribution in [0.3, 0.4) is 0 Å². The summed E-state index contributed by atoms with van der Waals surface area (Å²) < 4.78 is 8.04. The van der Waals surface area contributed by atoms with Crippen molar-refractivity contribution in [3.8, 4) is 0 Å². The molecule has 22 heavy (non-hydrogen) atoms. The molecule has 2 aromatic rings. The number of ether oxygens (including phenoxy) is 1. The normalized spacial score (nSPS) is 21.0. The largest absolute Gasteiger partial charge is 0.369 e. The van der Waals surface area contributed by atoms with E-state index < -0.39 is 0 Å². The molecule has 1 N–H and O–H groups in total. The summed E-state index contributed by atoms with van der Waals surface area (Å²) in [4.78, 5) is 18.1. The minimum atomic E-state index is -0.195. The summed E-state index contributed by atoms with van der Waals surface area (Å²) in [6.45, 7) is 11.0. The molecule has 3 rings (SSSR count). The Morgan fingerprint density at radius 2 is 2.32 bits per heavy atom. The third kappa shape index (κ3) is 2.49. The Bertz CT molecular complexity index is 875. The summed E-state index contributed by atoms with van der Waals surface area (Å²) in [5, 5.41) is 0.776. The van der Waals surface area contributed by atoms with Crippen molar-refractivity contribution in [2.75, 3.05) is 0 Å². The highest BCUT2D eigenvalue weighted by Gasteiger charge is 2.32. The maximum Gasteiger partial charge on any atom is 0.263 e. The average molecular weight is 336 g/mol. The molecule has 6 heteroatoms. The van der Waals surface area contributed by atoms with E-state index in [0.29, 0.717) is 17.9 Å². The smallest absolute Gasteiger partial charge is 0.263 e. The molecule has 0 saturated carbocycles. The highest BCUT2D eigenvalue weighted by Crippen LogP contribution is 2.38. The fourth-order valence-corrected chi connectivity index (χ4v) is 4.26. The second-order valence-electron chi connectivity index (χ2n) is 6.26. The van der Waals surface area contributed by atoms with Crippen LogP contribution in [0.25, 0.3) is 10.2 Å². The summed E-state index contributed by atoms with van der Waals surface area (Å²) in [5.41, 5.74) is 1.83. The molecule has 1 aliphatic rings. The van der Waals surface area contributed by atoms with E-state index >= 15 is 0 Å². The van der Waals surface area contributed by atoms with Gasteiger partial charge in [-0.15, -0.1) is 11.3 Å². The van der Waals surface area contributed by atoms with Crippen molar-refractivity contribution in [2.45, 2.75) is 52.4 Å². The molecule has 0 spiro atoms. The van der Waals surface area contributed by atoms with Crippen LogP contribution in [-0.2, 0) is 24.3 Å². The minimum absolute atomic E-state index is 0.0143. The maximum atomic E-state index is 12.9. The molecule has 0 fully saturated rings. The molecule has 118 valence electrons. The van der Waals surface area contributed by atoms with Crippen LogP contribution in [0, 0.1) is 4.77 Å². The number of allylic oxidation sites excluding steroid dienone is 1. The van der Waals surface area contributed by atoms with Gasteiger partial charge in [-0.3, -0.25) is 9.36 Å². The van der Waals surface area contributed by atoms with Crippen molar-refractivity contribution in [3.05, 3.63) is 37.7 Å². The number of hydrogen-bond donors (Lipinski definition) is 1. The van der Waals surface area contributed by atoms with Gasteiger partial charge >= 0.3 is 0 Å². The summed E-state index contributed by atoms with van der Waals surface area (Å²) in [7, 11) is 0. The van der Waals surface area contributed by atoms with E-state index in [1.54, 1.807) is 15.9 Å². The number of thiophene rings is 1. The number of fused-ring (bicyclic) bond motifs is 3. The van der Waals surface area contributed by atoms with Gasteiger partial charge < -0.3 is 9.72 Å². The van der Waals surface area contributed by atoms with Crippen LogP contribution in [0.1, 0.15) is 37.6 Å². The minimum Gasteiger partial charge on any atom is -0.369 e. The first-order chi connectivity index (χ1) is 10.3. The molecule has 0 bridgehead atoms. The van der Waals surface area contributed by atoms with Crippen LogP contribution in [0.2, 0.25) is 0 Å².